The molecule has 0 spiro atoms. The van der Waals surface area contributed by atoms with Crippen LogP contribution in [0, 0.1) is 17.1 Å². The minimum absolute atomic E-state index is 0.330. The summed E-state index contributed by atoms with van der Waals surface area (Å²) in [6.45, 7) is 0.367. The second-order valence-electron chi connectivity index (χ2n) is 4.12. The molecule has 1 N–H and O–H groups in total. The molecule has 0 aliphatic rings. The number of nitrogens with one attached hydrogen (secondary N) is 1. The second kappa shape index (κ2) is 6.40. The first-order valence-corrected chi connectivity index (χ1v) is 6.69. The van der Waals surface area contributed by atoms with Gasteiger partial charge in [-0.15, -0.1) is 0 Å². The van der Waals surface area contributed by atoms with Crippen molar-refractivity contribution in [1.82, 2.24) is 0 Å². The fourth-order valence-corrected chi connectivity index (χ4v) is 2.17. The van der Waals surface area contributed by atoms with E-state index < -0.39 is 0 Å². The first kappa shape index (κ1) is 14.4. The number of rotatable bonds is 4. The standard InChI is InChI=1S/C15H12BrFN2O/c1-20-15-5-2-10(8-18)6-11(15)9-19-14-7-12(16)3-4-13(14)17/h2-7,19H,9H2,1H3. The van der Waals surface area contributed by atoms with E-state index in [9.17, 15) is 4.39 Å². The van der Waals surface area contributed by atoms with Gasteiger partial charge >= 0.3 is 0 Å². The van der Waals surface area contributed by atoms with E-state index in [0.29, 0.717) is 23.5 Å². The second-order valence-corrected chi connectivity index (χ2v) is 5.03. The van der Waals surface area contributed by atoms with Crippen LogP contribution in [0.15, 0.2) is 40.9 Å². The first-order valence-electron chi connectivity index (χ1n) is 5.90. The van der Waals surface area contributed by atoms with E-state index in [0.717, 1.165) is 10.0 Å². The van der Waals surface area contributed by atoms with Crippen molar-refractivity contribution in [2.24, 2.45) is 0 Å². The van der Waals surface area contributed by atoms with E-state index in [1.54, 1.807) is 37.4 Å². The van der Waals surface area contributed by atoms with Crippen LogP contribution in [0.1, 0.15) is 11.1 Å². The van der Waals surface area contributed by atoms with E-state index >= 15 is 0 Å². The maximum Gasteiger partial charge on any atom is 0.146 e. The first-order chi connectivity index (χ1) is 9.63. The molecule has 0 bridgehead atoms. The van der Waals surface area contributed by atoms with Crippen LogP contribution in [-0.2, 0) is 6.54 Å². The van der Waals surface area contributed by atoms with Crippen molar-refractivity contribution >= 4 is 21.6 Å². The Kier molecular flexibility index (Phi) is 4.59. The number of hydrogen-bond acceptors (Lipinski definition) is 3. The number of nitriles is 1. The molecular formula is C15H12BrFN2O. The number of methoxy groups -OCH3 is 1. The van der Waals surface area contributed by atoms with Gasteiger partial charge in [-0.05, 0) is 36.4 Å². The van der Waals surface area contributed by atoms with Crippen LogP contribution in [0.4, 0.5) is 10.1 Å². The smallest absolute Gasteiger partial charge is 0.146 e. The Morgan fingerprint density at radius 2 is 2.10 bits per heavy atom. The number of hydrogen-bond donors (Lipinski definition) is 1. The number of anilines is 1. The maximum absolute atomic E-state index is 13.6. The maximum atomic E-state index is 13.6. The van der Waals surface area contributed by atoms with Gasteiger partial charge in [0, 0.05) is 16.6 Å². The quantitative estimate of drug-likeness (QED) is 0.916. The van der Waals surface area contributed by atoms with Crippen LogP contribution in [0.2, 0.25) is 0 Å². The molecule has 5 heteroatoms. The van der Waals surface area contributed by atoms with Gasteiger partial charge in [0.1, 0.15) is 11.6 Å². The fraction of sp³-hybridized carbons (Fsp3) is 0.133. The summed E-state index contributed by atoms with van der Waals surface area (Å²) in [5.74, 6) is 0.329. The fourth-order valence-electron chi connectivity index (χ4n) is 1.81. The van der Waals surface area contributed by atoms with Gasteiger partial charge in [0.2, 0.25) is 0 Å². The predicted octanol–water partition coefficient (Wildman–Crippen LogP) is 4.08. The highest BCUT2D eigenvalue weighted by Crippen LogP contribution is 2.24. The minimum atomic E-state index is -0.330. The molecule has 0 fully saturated rings. The van der Waals surface area contributed by atoms with Crippen molar-refractivity contribution in [2.75, 3.05) is 12.4 Å². The van der Waals surface area contributed by atoms with Gasteiger partial charge in [0.25, 0.3) is 0 Å². The summed E-state index contributed by atoms with van der Waals surface area (Å²) in [5.41, 5.74) is 1.73. The van der Waals surface area contributed by atoms with Gasteiger partial charge in [0.15, 0.2) is 0 Å². The van der Waals surface area contributed by atoms with Crippen LogP contribution in [0.25, 0.3) is 0 Å². The van der Waals surface area contributed by atoms with Gasteiger partial charge in [-0.1, -0.05) is 15.9 Å². The molecule has 0 saturated carbocycles. The molecule has 0 saturated heterocycles. The number of ether oxygens (including phenoxy) is 1. The molecule has 0 aliphatic heterocycles. The highest BCUT2D eigenvalue weighted by molar-refractivity contribution is 9.10. The number of halogens is 2. The summed E-state index contributed by atoms with van der Waals surface area (Å²) in [7, 11) is 1.56. The van der Waals surface area contributed by atoms with Crippen LogP contribution < -0.4 is 10.1 Å². The third-order valence-electron chi connectivity index (χ3n) is 2.81. The average molecular weight is 335 g/mol. The molecule has 2 aromatic rings. The molecule has 2 rings (SSSR count). The molecule has 0 amide bonds. The Bertz CT molecular complexity index is 667. The molecule has 0 aliphatic carbocycles. The Morgan fingerprint density at radius 3 is 2.80 bits per heavy atom. The van der Waals surface area contributed by atoms with Crippen molar-refractivity contribution in [3.05, 3.63) is 57.8 Å². The molecule has 0 atom stereocenters. The lowest BCUT2D eigenvalue weighted by Gasteiger charge is -2.12. The molecular weight excluding hydrogens is 323 g/mol. The number of nitrogens with zero attached hydrogens (tertiary/aromatic N) is 1. The summed E-state index contributed by atoms with van der Waals surface area (Å²) in [5, 5.41) is 11.9. The summed E-state index contributed by atoms with van der Waals surface area (Å²) in [6.07, 6.45) is 0. The van der Waals surface area contributed by atoms with Gasteiger partial charge in [-0.25, -0.2) is 4.39 Å². The van der Waals surface area contributed by atoms with E-state index in [2.05, 4.69) is 27.3 Å². The van der Waals surface area contributed by atoms with Gasteiger partial charge in [-0.2, -0.15) is 5.26 Å². The summed E-state index contributed by atoms with van der Waals surface area (Å²) in [6, 6.07) is 11.9. The molecule has 2 aromatic carbocycles. The van der Waals surface area contributed by atoms with E-state index in [4.69, 9.17) is 10.00 Å². The zero-order valence-corrected chi connectivity index (χ0v) is 12.4. The third-order valence-corrected chi connectivity index (χ3v) is 3.30. The van der Waals surface area contributed by atoms with Crippen LogP contribution in [0.5, 0.6) is 5.75 Å². The minimum Gasteiger partial charge on any atom is -0.496 e. The number of benzene rings is 2. The zero-order chi connectivity index (χ0) is 14.5. The van der Waals surface area contributed by atoms with Gasteiger partial charge < -0.3 is 10.1 Å². The molecule has 0 aromatic heterocycles. The Morgan fingerprint density at radius 1 is 1.30 bits per heavy atom. The average Bonchev–Trinajstić information content (AvgIpc) is 2.47. The van der Waals surface area contributed by atoms with Crippen LogP contribution >= 0.6 is 15.9 Å². The van der Waals surface area contributed by atoms with E-state index in [1.807, 2.05) is 0 Å². The molecule has 0 heterocycles. The summed E-state index contributed by atoms with van der Waals surface area (Å²) >= 11 is 3.30. The Labute approximate surface area is 125 Å². The van der Waals surface area contributed by atoms with Crippen molar-refractivity contribution < 1.29 is 9.13 Å². The van der Waals surface area contributed by atoms with Crippen molar-refractivity contribution in [3.8, 4) is 11.8 Å². The Hall–Kier alpha value is -2.06. The molecule has 102 valence electrons. The van der Waals surface area contributed by atoms with Crippen LogP contribution in [0.3, 0.4) is 0 Å². The zero-order valence-electron chi connectivity index (χ0n) is 10.8. The van der Waals surface area contributed by atoms with E-state index in [1.165, 1.54) is 6.07 Å². The lowest BCUT2D eigenvalue weighted by Crippen LogP contribution is -2.03. The van der Waals surface area contributed by atoms with Gasteiger partial charge in [-0.3, -0.25) is 0 Å². The third kappa shape index (κ3) is 3.28. The largest absolute Gasteiger partial charge is 0.496 e. The molecule has 20 heavy (non-hydrogen) atoms. The summed E-state index contributed by atoms with van der Waals surface area (Å²) < 4.78 is 19.7. The normalized spacial score (nSPS) is 9.90. The monoisotopic (exact) mass is 334 g/mol. The highest BCUT2D eigenvalue weighted by atomic mass is 79.9. The topological polar surface area (TPSA) is 45.0 Å². The highest BCUT2D eigenvalue weighted by Gasteiger charge is 2.07. The lowest BCUT2D eigenvalue weighted by molar-refractivity contribution is 0.410. The Balaban J connectivity index is 2.22. The van der Waals surface area contributed by atoms with Gasteiger partial charge in [0.05, 0.1) is 24.4 Å². The lowest BCUT2D eigenvalue weighted by atomic mass is 10.1. The summed E-state index contributed by atoms with van der Waals surface area (Å²) in [4.78, 5) is 0. The molecule has 3 nitrogen and oxygen atoms in total. The van der Waals surface area contributed by atoms with Crippen molar-refractivity contribution in [3.63, 3.8) is 0 Å². The van der Waals surface area contributed by atoms with Crippen LogP contribution in [-0.4, -0.2) is 7.11 Å². The predicted molar refractivity (Wildman–Crippen MR) is 79.1 cm³/mol. The van der Waals surface area contributed by atoms with Crippen molar-refractivity contribution in [2.45, 2.75) is 6.54 Å². The SMILES string of the molecule is COc1ccc(C#N)cc1CNc1cc(Br)ccc1F. The molecule has 0 unspecified atom stereocenters. The molecule has 0 radical (unpaired) electrons. The van der Waals surface area contributed by atoms with E-state index in [-0.39, 0.29) is 5.82 Å². The van der Waals surface area contributed by atoms with Crippen molar-refractivity contribution in [1.29, 1.82) is 5.26 Å².